The summed E-state index contributed by atoms with van der Waals surface area (Å²) in [5.74, 6) is 0.633. The number of nitrogens with two attached hydrogens (primary N) is 1. The first-order chi connectivity index (χ1) is 6.35. The molecule has 0 aromatic carbocycles. The monoisotopic (exact) mass is 238 g/mol. The van der Waals surface area contributed by atoms with Crippen molar-refractivity contribution in [3.05, 3.63) is 23.8 Å². The molecule has 0 saturated carbocycles. The molecule has 0 bridgehead atoms. The number of halogens is 1. The number of aliphatic hydroxyl groups excluding tert-OH is 1. The molecule has 0 saturated heterocycles. The molecule has 14 heavy (non-hydrogen) atoms. The molecule has 84 valence electrons. The standard InChI is InChI=1S/C9H19ClN2OS/c1-4-8(10)5-6-9(13)12-7-14(2,3)11/h4-5,9,12-13H,1,6-7,11H2,2-3H3/b8-5-. The van der Waals surface area contributed by atoms with E-state index in [9.17, 15) is 5.11 Å². The van der Waals surface area contributed by atoms with Crippen LogP contribution >= 0.6 is 21.8 Å². The van der Waals surface area contributed by atoms with Gasteiger partial charge in [0.15, 0.2) is 0 Å². The van der Waals surface area contributed by atoms with E-state index in [0.29, 0.717) is 17.3 Å². The fourth-order valence-corrected chi connectivity index (χ4v) is 1.41. The van der Waals surface area contributed by atoms with Crippen LogP contribution in [0.2, 0.25) is 0 Å². The molecule has 0 aromatic heterocycles. The zero-order valence-electron chi connectivity index (χ0n) is 8.66. The molecule has 0 amide bonds. The molecule has 0 spiro atoms. The maximum Gasteiger partial charge on any atom is 0.109 e. The summed E-state index contributed by atoms with van der Waals surface area (Å²) in [6.45, 7) is 3.51. The van der Waals surface area contributed by atoms with Gasteiger partial charge in [-0.15, -0.1) is 0 Å². The van der Waals surface area contributed by atoms with Crippen molar-refractivity contribution in [2.45, 2.75) is 12.6 Å². The minimum Gasteiger partial charge on any atom is -0.378 e. The van der Waals surface area contributed by atoms with Crippen LogP contribution < -0.4 is 10.5 Å². The predicted molar refractivity (Wildman–Crippen MR) is 66.4 cm³/mol. The highest BCUT2D eigenvalue weighted by atomic mass is 35.5. The Labute approximate surface area is 92.5 Å². The lowest BCUT2D eigenvalue weighted by atomic mass is 10.3. The largest absolute Gasteiger partial charge is 0.378 e. The Kier molecular flexibility index (Phi) is 6.48. The number of nitrogens with one attached hydrogen (secondary N) is 1. The lowest BCUT2D eigenvalue weighted by Crippen LogP contribution is -2.33. The quantitative estimate of drug-likeness (QED) is 0.486. The van der Waals surface area contributed by atoms with Gasteiger partial charge in [-0.05, 0) is 12.5 Å². The Hall–Kier alpha value is -0.0000000000000000208. The van der Waals surface area contributed by atoms with Crippen LogP contribution in [0.4, 0.5) is 0 Å². The van der Waals surface area contributed by atoms with Gasteiger partial charge in [-0.25, -0.2) is 0 Å². The molecule has 0 aliphatic heterocycles. The zero-order valence-corrected chi connectivity index (χ0v) is 10.2. The third-order valence-electron chi connectivity index (χ3n) is 1.42. The molecule has 1 atom stereocenters. The molecule has 0 radical (unpaired) electrons. The van der Waals surface area contributed by atoms with Crippen LogP contribution in [0.1, 0.15) is 6.42 Å². The first kappa shape index (κ1) is 14.0. The van der Waals surface area contributed by atoms with Crippen molar-refractivity contribution in [2.24, 2.45) is 5.14 Å². The topological polar surface area (TPSA) is 58.3 Å². The van der Waals surface area contributed by atoms with Crippen molar-refractivity contribution in [1.82, 2.24) is 5.32 Å². The van der Waals surface area contributed by atoms with Crippen molar-refractivity contribution in [1.29, 1.82) is 0 Å². The fourth-order valence-electron chi connectivity index (χ4n) is 0.702. The summed E-state index contributed by atoms with van der Waals surface area (Å²) < 4.78 is 0. The molecule has 0 aliphatic rings. The summed E-state index contributed by atoms with van der Waals surface area (Å²) in [7, 11) is -1.11. The molecule has 5 heteroatoms. The molecular weight excluding hydrogens is 220 g/mol. The second-order valence-corrected chi connectivity index (χ2v) is 7.49. The lowest BCUT2D eigenvalue weighted by Gasteiger charge is -2.26. The third-order valence-corrected chi connectivity index (χ3v) is 2.64. The Balaban J connectivity index is 3.77. The van der Waals surface area contributed by atoms with E-state index in [1.54, 1.807) is 6.08 Å². The minimum absolute atomic E-state index is 0.459. The van der Waals surface area contributed by atoms with Crippen LogP contribution in [-0.2, 0) is 0 Å². The average Bonchev–Trinajstić information content (AvgIpc) is 2.09. The Morgan fingerprint density at radius 2 is 2.29 bits per heavy atom. The summed E-state index contributed by atoms with van der Waals surface area (Å²) in [6.07, 6.45) is 7.05. The number of allylic oxidation sites excluding steroid dienone is 2. The van der Waals surface area contributed by atoms with Crippen molar-refractivity contribution < 1.29 is 5.11 Å². The highest BCUT2D eigenvalue weighted by Crippen LogP contribution is 2.26. The first-order valence-electron chi connectivity index (χ1n) is 4.23. The normalized spacial score (nSPS) is 16.5. The molecular formula is C9H19ClN2OS. The Morgan fingerprint density at radius 1 is 1.71 bits per heavy atom. The Bertz CT molecular complexity index is 213. The van der Waals surface area contributed by atoms with Gasteiger partial charge < -0.3 is 5.11 Å². The number of hydrogen-bond donors (Lipinski definition) is 3. The molecule has 0 fully saturated rings. The number of hydrogen-bond acceptors (Lipinski definition) is 3. The van der Waals surface area contributed by atoms with Gasteiger partial charge in [-0.2, -0.15) is 10.2 Å². The van der Waals surface area contributed by atoms with Crippen LogP contribution in [0.3, 0.4) is 0 Å². The van der Waals surface area contributed by atoms with Crippen molar-refractivity contribution >= 4 is 21.8 Å². The van der Waals surface area contributed by atoms with Crippen molar-refractivity contribution in [3.8, 4) is 0 Å². The van der Waals surface area contributed by atoms with E-state index < -0.39 is 16.4 Å². The van der Waals surface area contributed by atoms with E-state index in [4.69, 9.17) is 16.7 Å². The highest BCUT2D eigenvalue weighted by Gasteiger charge is 2.07. The van der Waals surface area contributed by atoms with E-state index >= 15 is 0 Å². The van der Waals surface area contributed by atoms with Gasteiger partial charge in [0, 0.05) is 17.3 Å². The van der Waals surface area contributed by atoms with Crippen LogP contribution in [0.15, 0.2) is 23.8 Å². The predicted octanol–water partition coefficient (Wildman–Crippen LogP) is 1.49. The maximum absolute atomic E-state index is 9.47. The summed E-state index contributed by atoms with van der Waals surface area (Å²) in [4.78, 5) is 0. The van der Waals surface area contributed by atoms with Gasteiger partial charge in [0.05, 0.1) is 0 Å². The SMILES string of the molecule is C=C/C(Cl)=C/CC(O)NCS(C)(C)N. The minimum atomic E-state index is -1.11. The molecule has 0 heterocycles. The van der Waals surface area contributed by atoms with Crippen LogP contribution in [0, 0.1) is 0 Å². The van der Waals surface area contributed by atoms with E-state index in [-0.39, 0.29) is 0 Å². The summed E-state index contributed by atoms with van der Waals surface area (Å²) in [6, 6.07) is 0. The molecule has 0 aliphatic carbocycles. The van der Waals surface area contributed by atoms with Crippen molar-refractivity contribution in [3.63, 3.8) is 0 Å². The second-order valence-electron chi connectivity index (χ2n) is 3.52. The van der Waals surface area contributed by atoms with E-state index in [1.165, 1.54) is 6.08 Å². The molecule has 4 N–H and O–H groups in total. The van der Waals surface area contributed by atoms with Crippen LogP contribution in [0.25, 0.3) is 0 Å². The van der Waals surface area contributed by atoms with E-state index in [1.807, 2.05) is 12.5 Å². The zero-order chi connectivity index (χ0) is 11.2. The number of rotatable bonds is 6. The molecule has 1 unspecified atom stereocenters. The molecule has 3 nitrogen and oxygen atoms in total. The number of aliphatic hydroxyl groups is 1. The van der Waals surface area contributed by atoms with E-state index in [2.05, 4.69) is 11.9 Å². The molecule has 0 rings (SSSR count). The second kappa shape index (κ2) is 6.48. The van der Waals surface area contributed by atoms with Gasteiger partial charge in [-0.3, -0.25) is 10.5 Å². The maximum atomic E-state index is 9.47. The average molecular weight is 239 g/mol. The smallest absolute Gasteiger partial charge is 0.109 e. The fraction of sp³-hybridized carbons (Fsp3) is 0.556. The van der Waals surface area contributed by atoms with Crippen molar-refractivity contribution in [2.75, 3.05) is 18.4 Å². The molecule has 0 aromatic rings. The third kappa shape index (κ3) is 8.59. The van der Waals surface area contributed by atoms with Gasteiger partial charge >= 0.3 is 0 Å². The van der Waals surface area contributed by atoms with Gasteiger partial charge in [-0.1, -0.05) is 30.3 Å². The van der Waals surface area contributed by atoms with E-state index in [0.717, 1.165) is 0 Å². The van der Waals surface area contributed by atoms with Gasteiger partial charge in [0.1, 0.15) is 6.23 Å². The van der Waals surface area contributed by atoms with Crippen LogP contribution in [0.5, 0.6) is 0 Å². The lowest BCUT2D eigenvalue weighted by molar-refractivity contribution is 0.147. The van der Waals surface area contributed by atoms with Gasteiger partial charge in [0.25, 0.3) is 0 Å². The first-order valence-corrected chi connectivity index (χ1v) is 7.29. The summed E-state index contributed by atoms with van der Waals surface area (Å²) in [5.41, 5.74) is 0. The Morgan fingerprint density at radius 3 is 2.71 bits per heavy atom. The summed E-state index contributed by atoms with van der Waals surface area (Å²) in [5, 5.41) is 18.8. The summed E-state index contributed by atoms with van der Waals surface area (Å²) >= 11 is 5.68. The van der Waals surface area contributed by atoms with Gasteiger partial charge in [0.2, 0.25) is 0 Å². The highest BCUT2D eigenvalue weighted by molar-refractivity contribution is 8.30. The van der Waals surface area contributed by atoms with Crippen LogP contribution in [-0.4, -0.2) is 29.7 Å².